The smallest absolute Gasteiger partial charge is 0.269 e. The monoisotopic (exact) mass is 504 g/mol. The Morgan fingerprint density at radius 1 is 0.938 bits per heavy atom. The summed E-state index contributed by atoms with van der Waals surface area (Å²) >= 11 is 4.74. The predicted octanol–water partition coefficient (Wildman–Crippen LogP) is 6.19. The summed E-state index contributed by atoms with van der Waals surface area (Å²) in [4.78, 5) is 32.0. The summed E-state index contributed by atoms with van der Waals surface area (Å²) in [5, 5.41) is 0. The van der Waals surface area contributed by atoms with E-state index in [9.17, 15) is 9.59 Å². The molecule has 0 aliphatic heterocycles. The van der Waals surface area contributed by atoms with E-state index in [1.807, 2.05) is 60.7 Å². The molecule has 0 aliphatic carbocycles. The molecule has 1 amide bonds. The SMILES string of the molecule is CC(C)c1ccccc1-n1c(=O)cc(-c2ccccc2)sc1=NC(=O)c1ccccc1Br. The summed E-state index contributed by atoms with van der Waals surface area (Å²) in [6, 6.07) is 26.2. The Hall–Kier alpha value is -3.09. The molecule has 1 aromatic heterocycles. The topological polar surface area (TPSA) is 51.4 Å². The second-order valence-electron chi connectivity index (χ2n) is 7.54. The minimum Gasteiger partial charge on any atom is -0.269 e. The maximum atomic E-state index is 13.4. The highest BCUT2D eigenvalue weighted by atomic mass is 79.9. The number of hydrogen-bond acceptors (Lipinski definition) is 3. The van der Waals surface area contributed by atoms with Crippen LogP contribution in [-0.4, -0.2) is 10.5 Å². The van der Waals surface area contributed by atoms with Crippen molar-refractivity contribution >= 4 is 33.2 Å². The van der Waals surface area contributed by atoms with Gasteiger partial charge < -0.3 is 0 Å². The van der Waals surface area contributed by atoms with Crippen LogP contribution >= 0.6 is 27.3 Å². The molecule has 0 fully saturated rings. The average molecular weight is 505 g/mol. The quantitative estimate of drug-likeness (QED) is 0.332. The van der Waals surface area contributed by atoms with E-state index in [-0.39, 0.29) is 11.5 Å². The second kappa shape index (κ2) is 9.59. The number of carbonyl (C=O) groups is 1. The van der Waals surface area contributed by atoms with Crippen LogP contribution in [0.1, 0.15) is 35.7 Å². The van der Waals surface area contributed by atoms with Crippen molar-refractivity contribution in [2.24, 2.45) is 4.99 Å². The van der Waals surface area contributed by atoms with E-state index in [4.69, 9.17) is 0 Å². The number of amides is 1. The van der Waals surface area contributed by atoms with E-state index < -0.39 is 5.91 Å². The number of carbonyl (C=O) groups excluding carboxylic acids is 1. The molecule has 1 heterocycles. The number of hydrogen-bond donors (Lipinski definition) is 0. The lowest BCUT2D eigenvalue weighted by Gasteiger charge is -2.15. The summed E-state index contributed by atoms with van der Waals surface area (Å²) in [7, 11) is 0. The third kappa shape index (κ3) is 4.56. The molecule has 4 aromatic rings. The van der Waals surface area contributed by atoms with Gasteiger partial charge >= 0.3 is 0 Å². The fraction of sp³-hybridized carbons (Fsp3) is 0.115. The van der Waals surface area contributed by atoms with Gasteiger partial charge in [0.15, 0.2) is 0 Å². The van der Waals surface area contributed by atoms with Gasteiger partial charge in [0.1, 0.15) is 0 Å². The Kier molecular flexibility index (Phi) is 6.63. The Morgan fingerprint density at radius 3 is 2.31 bits per heavy atom. The third-order valence-corrected chi connectivity index (χ3v) is 6.75. The molecule has 3 aromatic carbocycles. The Balaban J connectivity index is 2.02. The van der Waals surface area contributed by atoms with E-state index in [1.54, 1.807) is 28.8 Å². The van der Waals surface area contributed by atoms with Crippen molar-refractivity contribution in [2.75, 3.05) is 0 Å². The molecule has 160 valence electrons. The molecule has 0 saturated carbocycles. The van der Waals surface area contributed by atoms with Crippen LogP contribution in [0.15, 0.2) is 99.2 Å². The van der Waals surface area contributed by atoms with Crippen molar-refractivity contribution in [1.82, 2.24) is 4.57 Å². The molecule has 0 unspecified atom stereocenters. The first-order chi connectivity index (χ1) is 15.5. The largest absolute Gasteiger partial charge is 0.280 e. The average Bonchev–Trinajstić information content (AvgIpc) is 2.79. The third-order valence-electron chi connectivity index (χ3n) is 5.03. The molecule has 4 rings (SSSR count). The van der Waals surface area contributed by atoms with Crippen LogP contribution in [0.25, 0.3) is 16.1 Å². The van der Waals surface area contributed by atoms with Gasteiger partial charge in [0.05, 0.1) is 11.3 Å². The highest BCUT2D eigenvalue weighted by molar-refractivity contribution is 9.10. The van der Waals surface area contributed by atoms with Gasteiger partial charge in [-0.1, -0.05) is 85.8 Å². The maximum absolute atomic E-state index is 13.4. The molecule has 0 spiro atoms. The molecule has 0 saturated heterocycles. The Labute approximate surface area is 198 Å². The van der Waals surface area contributed by atoms with E-state index >= 15 is 0 Å². The molecule has 0 aliphatic rings. The van der Waals surface area contributed by atoms with Gasteiger partial charge in [0, 0.05) is 15.4 Å². The lowest BCUT2D eigenvalue weighted by molar-refractivity contribution is 0.0997. The Morgan fingerprint density at radius 2 is 1.59 bits per heavy atom. The standard InChI is InChI=1S/C26H21BrN2O2S/c1-17(2)19-12-7-9-15-22(19)29-24(30)16-23(18-10-4-3-5-11-18)32-26(29)28-25(31)20-13-6-8-14-21(20)27/h3-17H,1-2H3. The van der Waals surface area contributed by atoms with Gasteiger partial charge in [-0.15, -0.1) is 0 Å². The van der Waals surface area contributed by atoms with E-state index in [0.717, 1.165) is 21.7 Å². The van der Waals surface area contributed by atoms with Crippen molar-refractivity contribution in [3.63, 3.8) is 0 Å². The molecule has 0 radical (unpaired) electrons. The number of para-hydroxylation sites is 1. The van der Waals surface area contributed by atoms with Gasteiger partial charge in [-0.25, -0.2) is 0 Å². The first kappa shape index (κ1) is 22.1. The highest BCUT2D eigenvalue weighted by Gasteiger charge is 2.15. The number of halogens is 1. The fourth-order valence-corrected chi connectivity index (χ4v) is 4.92. The molecular formula is C26H21BrN2O2S. The number of nitrogens with zero attached hydrogens (tertiary/aromatic N) is 2. The highest BCUT2D eigenvalue weighted by Crippen LogP contribution is 2.24. The summed E-state index contributed by atoms with van der Waals surface area (Å²) in [6.45, 7) is 4.16. The zero-order valence-corrected chi connectivity index (χ0v) is 20.1. The van der Waals surface area contributed by atoms with Crippen molar-refractivity contribution < 1.29 is 4.79 Å². The summed E-state index contributed by atoms with van der Waals surface area (Å²) in [6.07, 6.45) is 0. The Bertz CT molecular complexity index is 1410. The number of aromatic nitrogens is 1. The molecule has 32 heavy (non-hydrogen) atoms. The van der Waals surface area contributed by atoms with Crippen LogP contribution in [0.2, 0.25) is 0 Å². The van der Waals surface area contributed by atoms with Gasteiger partial charge in [-0.2, -0.15) is 4.99 Å². The van der Waals surface area contributed by atoms with Crippen LogP contribution in [0.3, 0.4) is 0 Å². The lowest BCUT2D eigenvalue weighted by atomic mass is 10.0. The number of benzene rings is 3. The predicted molar refractivity (Wildman–Crippen MR) is 133 cm³/mol. The summed E-state index contributed by atoms with van der Waals surface area (Å²) in [5.74, 6) is -0.210. The van der Waals surface area contributed by atoms with Crippen LogP contribution < -0.4 is 10.4 Å². The maximum Gasteiger partial charge on any atom is 0.280 e. The van der Waals surface area contributed by atoms with E-state index in [1.165, 1.54) is 11.3 Å². The van der Waals surface area contributed by atoms with E-state index in [0.29, 0.717) is 14.8 Å². The van der Waals surface area contributed by atoms with Crippen LogP contribution in [-0.2, 0) is 0 Å². The second-order valence-corrected chi connectivity index (χ2v) is 9.41. The van der Waals surface area contributed by atoms with Crippen molar-refractivity contribution in [3.8, 4) is 16.1 Å². The number of rotatable bonds is 4. The molecule has 0 N–H and O–H groups in total. The summed E-state index contributed by atoms with van der Waals surface area (Å²) in [5.41, 5.74) is 2.88. The zero-order chi connectivity index (χ0) is 22.7. The van der Waals surface area contributed by atoms with Crippen LogP contribution in [0, 0.1) is 0 Å². The van der Waals surface area contributed by atoms with Crippen LogP contribution in [0.5, 0.6) is 0 Å². The van der Waals surface area contributed by atoms with Gasteiger partial charge in [0.25, 0.3) is 11.5 Å². The molecule has 4 nitrogen and oxygen atoms in total. The minimum absolute atomic E-state index is 0.198. The van der Waals surface area contributed by atoms with Crippen molar-refractivity contribution in [2.45, 2.75) is 19.8 Å². The van der Waals surface area contributed by atoms with Gasteiger partial charge in [-0.05, 0) is 51.2 Å². The molecular weight excluding hydrogens is 484 g/mol. The normalized spacial score (nSPS) is 11.7. The van der Waals surface area contributed by atoms with Crippen molar-refractivity contribution in [3.05, 3.63) is 116 Å². The van der Waals surface area contributed by atoms with Gasteiger partial charge in [0.2, 0.25) is 4.80 Å². The first-order valence-corrected chi connectivity index (χ1v) is 11.8. The van der Waals surface area contributed by atoms with Crippen molar-refractivity contribution in [1.29, 1.82) is 0 Å². The fourth-order valence-electron chi connectivity index (χ4n) is 3.44. The first-order valence-electron chi connectivity index (χ1n) is 10.2. The summed E-state index contributed by atoms with van der Waals surface area (Å²) < 4.78 is 2.20. The molecule has 0 bridgehead atoms. The molecule has 0 atom stereocenters. The van der Waals surface area contributed by atoms with E-state index in [2.05, 4.69) is 34.8 Å². The zero-order valence-electron chi connectivity index (χ0n) is 17.7. The molecule has 6 heteroatoms. The van der Waals surface area contributed by atoms with Gasteiger partial charge in [-0.3, -0.25) is 14.2 Å². The lowest BCUT2D eigenvalue weighted by Crippen LogP contribution is -2.31. The van der Waals surface area contributed by atoms with Crippen LogP contribution in [0.4, 0.5) is 0 Å². The minimum atomic E-state index is -0.408.